The maximum atomic E-state index is 5.58. The van der Waals surface area contributed by atoms with Gasteiger partial charge < -0.3 is 5.43 Å². The summed E-state index contributed by atoms with van der Waals surface area (Å²) >= 11 is 1.63. The van der Waals surface area contributed by atoms with Crippen molar-refractivity contribution in [3.63, 3.8) is 0 Å². The molecule has 2 aromatic heterocycles. The summed E-state index contributed by atoms with van der Waals surface area (Å²) < 4.78 is 0. The Morgan fingerprint density at radius 2 is 2.05 bits per heavy atom. The van der Waals surface area contributed by atoms with Gasteiger partial charge in [-0.1, -0.05) is 0 Å². The van der Waals surface area contributed by atoms with Gasteiger partial charge in [0.05, 0.1) is 11.9 Å². The molecule has 2 fully saturated rings. The summed E-state index contributed by atoms with van der Waals surface area (Å²) in [7, 11) is 0. The van der Waals surface area contributed by atoms with Crippen molar-refractivity contribution in [2.24, 2.45) is 5.84 Å². The minimum absolute atomic E-state index is 0.730. The SMILES string of the molecule is NNc1nc(CN2CCN(C3CC3)CC2)nc2sccc12. The fourth-order valence-corrected chi connectivity index (χ4v) is 3.79. The van der Waals surface area contributed by atoms with Gasteiger partial charge in [0.15, 0.2) is 5.82 Å². The molecule has 0 aromatic carbocycles. The van der Waals surface area contributed by atoms with E-state index in [1.54, 1.807) is 11.3 Å². The van der Waals surface area contributed by atoms with E-state index in [9.17, 15) is 0 Å². The molecule has 2 aromatic rings. The third kappa shape index (κ3) is 2.74. The van der Waals surface area contributed by atoms with Crippen LogP contribution in [-0.4, -0.2) is 52.0 Å². The van der Waals surface area contributed by atoms with Gasteiger partial charge in [0.25, 0.3) is 0 Å². The Bertz CT molecular complexity index is 629. The standard InChI is InChI=1S/C14H20N6S/c15-18-13-11-3-8-21-14(11)17-12(16-13)9-19-4-6-20(7-5-19)10-1-2-10/h3,8,10H,1-2,4-7,9,15H2,(H,16,17,18). The number of aromatic nitrogens is 2. The van der Waals surface area contributed by atoms with Crippen LogP contribution in [0.2, 0.25) is 0 Å². The molecule has 4 rings (SSSR count). The summed E-state index contributed by atoms with van der Waals surface area (Å²) in [5, 5.41) is 3.03. The third-order valence-corrected chi connectivity index (χ3v) is 5.15. The molecule has 112 valence electrons. The molecular formula is C14H20N6S. The van der Waals surface area contributed by atoms with Crippen molar-refractivity contribution in [1.29, 1.82) is 0 Å². The van der Waals surface area contributed by atoms with E-state index in [4.69, 9.17) is 5.84 Å². The zero-order valence-electron chi connectivity index (χ0n) is 12.0. The second kappa shape index (κ2) is 5.49. The van der Waals surface area contributed by atoms with Crippen LogP contribution in [0.15, 0.2) is 11.4 Å². The van der Waals surface area contributed by atoms with Gasteiger partial charge >= 0.3 is 0 Å². The normalized spacial score (nSPS) is 21.0. The first kappa shape index (κ1) is 13.4. The molecule has 3 N–H and O–H groups in total. The lowest BCUT2D eigenvalue weighted by molar-refractivity contribution is 0.119. The number of nitrogens with zero attached hydrogens (tertiary/aromatic N) is 4. The molecule has 2 aliphatic rings. The van der Waals surface area contributed by atoms with Gasteiger partial charge in [0, 0.05) is 32.2 Å². The van der Waals surface area contributed by atoms with Crippen molar-refractivity contribution in [1.82, 2.24) is 19.8 Å². The maximum Gasteiger partial charge on any atom is 0.152 e. The Balaban J connectivity index is 1.46. The van der Waals surface area contributed by atoms with E-state index in [2.05, 4.69) is 25.2 Å². The van der Waals surface area contributed by atoms with E-state index in [1.807, 2.05) is 11.4 Å². The lowest BCUT2D eigenvalue weighted by Crippen LogP contribution is -2.46. The number of piperazine rings is 1. The quantitative estimate of drug-likeness (QED) is 0.654. The van der Waals surface area contributed by atoms with Gasteiger partial charge in [-0.15, -0.1) is 11.3 Å². The van der Waals surface area contributed by atoms with E-state index in [1.165, 1.54) is 25.9 Å². The molecule has 3 heterocycles. The van der Waals surface area contributed by atoms with Crippen LogP contribution < -0.4 is 11.3 Å². The van der Waals surface area contributed by atoms with Gasteiger partial charge in [0.1, 0.15) is 10.7 Å². The number of rotatable bonds is 4. The van der Waals surface area contributed by atoms with Crippen LogP contribution in [0, 0.1) is 0 Å². The molecule has 7 heteroatoms. The van der Waals surface area contributed by atoms with Crippen molar-refractivity contribution in [2.75, 3.05) is 31.6 Å². The largest absolute Gasteiger partial charge is 0.308 e. The van der Waals surface area contributed by atoms with Crippen molar-refractivity contribution < 1.29 is 0 Å². The molecular weight excluding hydrogens is 284 g/mol. The fraction of sp³-hybridized carbons (Fsp3) is 0.571. The second-order valence-corrected chi connectivity index (χ2v) is 6.71. The molecule has 21 heavy (non-hydrogen) atoms. The van der Waals surface area contributed by atoms with Crippen molar-refractivity contribution in [2.45, 2.75) is 25.4 Å². The Morgan fingerprint density at radius 3 is 2.76 bits per heavy atom. The zero-order valence-corrected chi connectivity index (χ0v) is 12.8. The highest BCUT2D eigenvalue weighted by Crippen LogP contribution is 2.28. The van der Waals surface area contributed by atoms with Gasteiger partial charge in [-0.05, 0) is 24.3 Å². The van der Waals surface area contributed by atoms with Crippen LogP contribution in [-0.2, 0) is 6.54 Å². The monoisotopic (exact) mass is 304 g/mol. The van der Waals surface area contributed by atoms with Gasteiger partial charge in [-0.2, -0.15) is 0 Å². The summed E-state index contributed by atoms with van der Waals surface area (Å²) in [5.41, 5.74) is 2.69. The summed E-state index contributed by atoms with van der Waals surface area (Å²) in [6.45, 7) is 5.37. The van der Waals surface area contributed by atoms with Crippen LogP contribution in [0.25, 0.3) is 10.2 Å². The van der Waals surface area contributed by atoms with Gasteiger partial charge in [-0.3, -0.25) is 9.80 Å². The summed E-state index contributed by atoms with van der Waals surface area (Å²) in [4.78, 5) is 15.3. The first-order chi connectivity index (χ1) is 10.3. The average molecular weight is 304 g/mol. The van der Waals surface area contributed by atoms with Crippen LogP contribution in [0.4, 0.5) is 5.82 Å². The lowest BCUT2D eigenvalue weighted by atomic mass is 10.3. The molecule has 0 bridgehead atoms. The highest BCUT2D eigenvalue weighted by molar-refractivity contribution is 7.16. The van der Waals surface area contributed by atoms with Crippen molar-refractivity contribution in [3.05, 3.63) is 17.3 Å². The number of anilines is 1. The fourth-order valence-electron chi connectivity index (χ4n) is 3.01. The minimum Gasteiger partial charge on any atom is -0.308 e. The predicted octanol–water partition coefficient (Wildman–Crippen LogP) is 1.26. The first-order valence-electron chi connectivity index (χ1n) is 7.50. The molecule has 0 amide bonds. The van der Waals surface area contributed by atoms with Crippen LogP contribution in [0.1, 0.15) is 18.7 Å². The Labute approximate surface area is 127 Å². The number of nitrogens with one attached hydrogen (secondary N) is 1. The number of hydrazine groups is 1. The third-order valence-electron chi connectivity index (χ3n) is 4.34. The van der Waals surface area contributed by atoms with Crippen molar-refractivity contribution >= 4 is 27.4 Å². The van der Waals surface area contributed by atoms with Gasteiger partial charge in [0.2, 0.25) is 0 Å². The zero-order chi connectivity index (χ0) is 14.2. The molecule has 0 radical (unpaired) electrons. The molecule has 1 saturated carbocycles. The number of thiophene rings is 1. The molecule has 1 aliphatic heterocycles. The number of fused-ring (bicyclic) bond motifs is 1. The van der Waals surface area contributed by atoms with E-state index >= 15 is 0 Å². The number of hydrogen-bond donors (Lipinski definition) is 2. The summed E-state index contributed by atoms with van der Waals surface area (Å²) in [6.07, 6.45) is 2.79. The molecule has 0 spiro atoms. The summed E-state index contributed by atoms with van der Waals surface area (Å²) in [5.74, 6) is 7.17. The molecule has 0 atom stereocenters. The predicted molar refractivity (Wildman–Crippen MR) is 85.1 cm³/mol. The van der Waals surface area contributed by atoms with E-state index in [0.717, 1.165) is 47.5 Å². The van der Waals surface area contributed by atoms with Gasteiger partial charge in [-0.25, -0.2) is 15.8 Å². The van der Waals surface area contributed by atoms with Crippen LogP contribution in [0.5, 0.6) is 0 Å². The Kier molecular flexibility index (Phi) is 3.50. The average Bonchev–Trinajstić information content (AvgIpc) is 3.25. The van der Waals surface area contributed by atoms with Crippen LogP contribution >= 0.6 is 11.3 Å². The second-order valence-electron chi connectivity index (χ2n) is 5.82. The minimum atomic E-state index is 0.730. The number of nitrogen functional groups attached to an aromatic ring is 1. The Morgan fingerprint density at radius 1 is 1.24 bits per heavy atom. The number of hydrogen-bond acceptors (Lipinski definition) is 7. The highest BCUT2D eigenvalue weighted by atomic mass is 32.1. The van der Waals surface area contributed by atoms with Crippen molar-refractivity contribution in [3.8, 4) is 0 Å². The smallest absolute Gasteiger partial charge is 0.152 e. The maximum absolute atomic E-state index is 5.58. The molecule has 1 saturated heterocycles. The molecule has 0 unspecified atom stereocenters. The highest BCUT2D eigenvalue weighted by Gasteiger charge is 2.31. The van der Waals surface area contributed by atoms with E-state index in [0.29, 0.717) is 0 Å². The lowest BCUT2D eigenvalue weighted by Gasteiger charge is -2.34. The first-order valence-corrected chi connectivity index (χ1v) is 8.38. The molecule has 6 nitrogen and oxygen atoms in total. The van der Waals surface area contributed by atoms with E-state index < -0.39 is 0 Å². The van der Waals surface area contributed by atoms with E-state index in [-0.39, 0.29) is 0 Å². The topological polar surface area (TPSA) is 70.3 Å². The summed E-state index contributed by atoms with van der Waals surface area (Å²) in [6, 6.07) is 2.88. The molecule has 1 aliphatic carbocycles. The van der Waals surface area contributed by atoms with Crippen LogP contribution in [0.3, 0.4) is 0 Å². The number of nitrogens with two attached hydrogens (primary N) is 1. The Hall–Kier alpha value is -1.28.